The van der Waals surface area contributed by atoms with Crippen molar-refractivity contribution in [1.82, 2.24) is 15.8 Å². The molecule has 2 aromatic rings. The summed E-state index contributed by atoms with van der Waals surface area (Å²) in [4.78, 5) is 50.7. The van der Waals surface area contributed by atoms with Crippen LogP contribution in [0.4, 0.5) is 0 Å². The van der Waals surface area contributed by atoms with Gasteiger partial charge in [0.2, 0.25) is 18.1 Å². The van der Waals surface area contributed by atoms with Gasteiger partial charge in [-0.3, -0.25) is 29.6 Å². The zero-order valence-corrected chi connectivity index (χ0v) is 19.2. The molecule has 2 unspecified atom stereocenters. The minimum absolute atomic E-state index is 0.113. The molecule has 4 atom stereocenters. The van der Waals surface area contributed by atoms with Crippen molar-refractivity contribution in [2.24, 2.45) is 11.8 Å². The predicted molar refractivity (Wildman–Crippen MR) is 123 cm³/mol. The first kappa shape index (κ1) is 23.7. The zero-order valence-electron chi connectivity index (χ0n) is 19.2. The molecule has 3 amide bonds. The average Bonchev–Trinajstić information content (AvgIpc) is 3.42. The number of carbonyl (C=O) groups is 4. The molecule has 2 aromatic carbocycles. The van der Waals surface area contributed by atoms with Gasteiger partial charge in [-0.2, -0.15) is 0 Å². The van der Waals surface area contributed by atoms with Gasteiger partial charge in [-0.05, 0) is 49.6 Å². The van der Waals surface area contributed by atoms with Crippen molar-refractivity contribution in [3.8, 4) is 0 Å². The smallest absolute Gasteiger partial charge is 0.310 e. The molecule has 9 heteroatoms. The van der Waals surface area contributed by atoms with Gasteiger partial charge in [0.25, 0.3) is 5.91 Å². The summed E-state index contributed by atoms with van der Waals surface area (Å²) < 4.78 is 4.67. The average molecular weight is 468 g/mol. The van der Waals surface area contributed by atoms with Crippen LogP contribution in [0.3, 0.4) is 0 Å². The lowest BCUT2D eigenvalue weighted by Crippen LogP contribution is -2.54. The van der Waals surface area contributed by atoms with E-state index in [0.717, 1.165) is 10.8 Å². The van der Waals surface area contributed by atoms with Gasteiger partial charge in [-0.1, -0.05) is 36.8 Å². The molecule has 1 saturated carbocycles. The second kappa shape index (κ2) is 9.80. The van der Waals surface area contributed by atoms with Crippen LogP contribution in [-0.4, -0.2) is 52.2 Å². The van der Waals surface area contributed by atoms with Gasteiger partial charge in [-0.15, -0.1) is 0 Å². The summed E-state index contributed by atoms with van der Waals surface area (Å²) in [5, 5.41) is 15.6. The maximum Gasteiger partial charge on any atom is 0.310 e. The van der Waals surface area contributed by atoms with Crippen LogP contribution in [0.15, 0.2) is 42.5 Å². The topological polar surface area (TPSA) is 125 Å². The van der Waals surface area contributed by atoms with Gasteiger partial charge in [0.15, 0.2) is 0 Å². The highest BCUT2D eigenvalue weighted by molar-refractivity contribution is 5.99. The van der Waals surface area contributed by atoms with Crippen LogP contribution < -0.4 is 10.7 Å². The largest absolute Gasteiger partial charge is 0.434 e. The molecular weight excluding hydrogens is 438 g/mol. The van der Waals surface area contributed by atoms with Crippen molar-refractivity contribution >= 4 is 34.5 Å². The second-order valence-corrected chi connectivity index (χ2v) is 9.15. The Hall–Kier alpha value is -3.46. The number of carbonyl (C=O) groups excluding carboxylic acids is 4. The SMILES string of the molecule is CC(C)N(NC(=O)c1ccc2ccccc2c1)C(=O)C1CCC[C@H]1C(=O)N[C@H]1CC(=O)OC1O. The van der Waals surface area contributed by atoms with Gasteiger partial charge in [0.05, 0.1) is 12.3 Å². The van der Waals surface area contributed by atoms with Gasteiger partial charge >= 0.3 is 5.97 Å². The van der Waals surface area contributed by atoms with E-state index >= 15 is 0 Å². The number of hydrazine groups is 1. The van der Waals surface area contributed by atoms with Gasteiger partial charge in [0.1, 0.15) is 6.04 Å². The van der Waals surface area contributed by atoms with Crippen molar-refractivity contribution < 1.29 is 29.0 Å². The van der Waals surface area contributed by atoms with Crippen molar-refractivity contribution in [3.05, 3.63) is 48.0 Å². The molecule has 1 heterocycles. The number of aliphatic hydroxyl groups is 1. The molecule has 9 nitrogen and oxygen atoms in total. The highest BCUT2D eigenvalue weighted by Gasteiger charge is 2.43. The third-order valence-electron chi connectivity index (χ3n) is 6.47. The second-order valence-electron chi connectivity index (χ2n) is 9.15. The number of rotatable bonds is 5. The van der Waals surface area contributed by atoms with E-state index in [1.165, 1.54) is 5.01 Å². The summed E-state index contributed by atoms with van der Waals surface area (Å²) in [5.74, 6) is -2.96. The number of cyclic esters (lactones) is 1. The molecule has 0 aromatic heterocycles. The molecule has 4 rings (SSSR count). The van der Waals surface area contributed by atoms with E-state index in [0.29, 0.717) is 24.8 Å². The maximum absolute atomic E-state index is 13.4. The number of hydrogen-bond acceptors (Lipinski definition) is 6. The standard InChI is InChI=1S/C25H29N3O6/c1-14(2)28(27-22(30)17-11-10-15-6-3-4-7-16(15)12-17)24(32)19-9-5-8-18(19)23(31)26-20-13-21(29)34-25(20)33/h3-4,6-7,10-12,14,18-20,25,33H,5,8-9,13H2,1-2H3,(H,26,31)(H,27,30)/t18-,19?,20+,25?/m1/s1. The maximum atomic E-state index is 13.4. The van der Waals surface area contributed by atoms with E-state index in [9.17, 15) is 24.3 Å². The lowest BCUT2D eigenvalue weighted by Gasteiger charge is -2.31. The number of nitrogens with one attached hydrogen (secondary N) is 2. The Morgan fingerprint density at radius 1 is 1.06 bits per heavy atom. The van der Waals surface area contributed by atoms with Gasteiger partial charge in [0, 0.05) is 17.5 Å². The van der Waals surface area contributed by atoms with E-state index in [-0.39, 0.29) is 18.4 Å². The molecule has 34 heavy (non-hydrogen) atoms. The number of esters is 1. The highest BCUT2D eigenvalue weighted by Crippen LogP contribution is 2.34. The van der Waals surface area contributed by atoms with E-state index in [1.54, 1.807) is 26.0 Å². The van der Waals surface area contributed by atoms with Crippen molar-refractivity contribution in [2.75, 3.05) is 0 Å². The molecular formula is C25H29N3O6. The molecule has 1 aliphatic heterocycles. The fourth-order valence-corrected chi connectivity index (χ4v) is 4.65. The number of aliphatic hydroxyl groups excluding tert-OH is 1. The number of benzene rings is 2. The van der Waals surface area contributed by atoms with Crippen molar-refractivity contribution in [1.29, 1.82) is 0 Å². The third kappa shape index (κ3) is 4.89. The normalized spacial score (nSPS) is 24.2. The third-order valence-corrected chi connectivity index (χ3v) is 6.47. The van der Waals surface area contributed by atoms with Crippen LogP contribution in [0.1, 0.15) is 49.9 Å². The molecule has 3 N–H and O–H groups in total. The molecule has 1 saturated heterocycles. The number of nitrogens with zero attached hydrogens (tertiary/aromatic N) is 1. The Kier molecular flexibility index (Phi) is 6.83. The Morgan fingerprint density at radius 3 is 2.44 bits per heavy atom. The molecule has 1 aliphatic carbocycles. The Bertz CT molecular complexity index is 1120. The number of ether oxygens (including phenoxy) is 1. The lowest BCUT2D eigenvalue weighted by molar-refractivity contribution is -0.155. The number of amides is 3. The van der Waals surface area contributed by atoms with E-state index < -0.39 is 42.0 Å². The first-order chi connectivity index (χ1) is 16.2. The Morgan fingerprint density at radius 2 is 1.76 bits per heavy atom. The molecule has 2 fully saturated rings. The van der Waals surface area contributed by atoms with Crippen molar-refractivity contribution in [2.45, 2.75) is 57.9 Å². The monoisotopic (exact) mass is 467 g/mol. The van der Waals surface area contributed by atoms with Crippen molar-refractivity contribution in [3.63, 3.8) is 0 Å². The Balaban J connectivity index is 1.46. The summed E-state index contributed by atoms with van der Waals surface area (Å²) in [6, 6.07) is 11.9. The highest BCUT2D eigenvalue weighted by atomic mass is 16.6. The fourth-order valence-electron chi connectivity index (χ4n) is 4.65. The summed E-state index contributed by atoms with van der Waals surface area (Å²) in [6.45, 7) is 3.58. The first-order valence-corrected chi connectivity index (χ1v) is 11.6. The van der Waals surface area contributed by atoms with E-state index in [4.69, 9.17) is 0 Å². The summed E-state index contributed by atoms with van der Waals surface area (Å²) in [5.41, 5.74) is 3.16. The molecule has 0 radical (unpaired) electrons. The number of hydrogen-bond donors (Lipinski definition) is 3. The zero-order chi connectivity index (χ0) is 24.4. The quantitative estimate of drug-likeness (QED) is 0.456. The molecule has 180 valence electrons. The molecule has 2 aliphatic rings. The van der Waals surface area contributed by atoms with Crippen LogP contribution in [0, 0.1) is 11.8 Å². The minimum atomic E-state index is -1.39. The predicted octanol–water partition coefficient (Wildman–Crippen LogP) is 1.89. The summed E-state index contributed by atoms with van der Waals surface area (Å²) in [6.07, 6.45) is 0.194. The molecule has 0 spiro atoms. The minimum Gasteiger partial charge on any atom is -0.434 e. The van der Waals surface area contributed by atoms with Gasteiger partial charge in [-0.25, -0.2) is 0 Å². The Labute approximate surface area is 197 Å². The number of fused-ring (bicyclic) bond motifs is 1. The van der Waals surface area contributed by atoms with Crippen LogP contribution >= 0.6 is 0 Å². The van der Waals surface area contributed by atoms with Crippen LogP contribution in [0.5, 0.6) is 0 Å². The van der Waals surface area contributed by atoms with Crippen LogP contribution in [-0.2, 0) is 19.1 Å². The molecule has 0 bridgehead atoms. The lowest BCUT2D eigenvalue weighted by atomic mass is 9.93. The summed E-state index contributed by atoms with van der Waals surface area (Å²) >= 11 is 0. The van der Waals surface area contributed by atoms with E-state index in [2.05, 4.69) is 15.5 Å². The van der Waals surface area contributed by atoms with Gasteiger partial charge < -0.3 is 15.2 Å². The van der Waals surface area contributed by atoms with Crippen LogP contribution in [0.25, 0.3) is 10.8 Å². The van der Waals surface area contributed by atoms with E-state index in [1.807, 2.05) is 30.3 Å². The summed E-state index contributed by atoms with van der Waals surface area (Å²) in [7, 11) is 0. The van der Waals surface area contributed by atoms with Crippen LogP contribution in [0.2, 0.25) is 0 Å². The first-order valence-electron chi connectivity index (χ1n) is 11.6. The fraction of sp³-hybridized carbons (Fsp3) is 0.440.